The Balaban J connectivity index is 1.71. The zero-order chi connectivity index (χ0) is 14.7. The molecule has 21 heavy (non-hydrogen) atoms. The molecule has 1 fully saturated rings. The van der Waals surface area contributed by atoms with Crippen LogP contribution in [0, 0.1) is 0 Å². The van der Waals surface area contributed by atoms with Crippen LogP contribution in [0.5, 0.6) is 0 Å². The first kappa shape index (κ1) is 14.2. The Morgan fingerprint density at radius 3 is 2.52 bits per heavy atom. The van der Waals surface area contributed by atoms with E-state index in [0.29, 0.717) is 16.6 Å². The molecule has 0 aliphatic carbocycles. The van der Waals surface area contributed by atoms with Crippen LogP contribution in [-0.4, -0.2) is 16.3 Å². The summed E-state index contributed by atoms with van der Waals surface area (Å²) in [5.41, 5.74) is 1.93. The van der Waals surface area contributed by atoms with Crippen molar-refractivity contribution in [1.29, 1.82) is 0 Å². The molecule has 2 aromatic rings. The van der Waals surface area contributed by atoms with Gasteiger partial charge in [0, 0.05) is 5.02 Å². The average molecular weight is 317 g/mol. The number of amides is 1. The van der Waals surface area contributed by atoms with Crippen LogP contribution in [0.2, 0.25) is 5.02 Å². The highest BCUT2D eigenvalue weighted by Gasteiger charge is 2.30. The molecule has 0 spiro atoms. The number of amidine groups is 1. The molecule has 0 saturated carbocycles. The van der Waals surface area contributed by atoms with Gasteiger partial charge in [0.2, 0.25) is 5.91 Å². The maximum absolute atomic E-state index is 12.0. The monoisotopic (exact) mass is 316 g/mol. The van der Waals surface area contributed by atoms with Crippen LogP contribution >= 0.6 is 23.4 Å². The summed E-state index contributed by atoms with van der Waals surface area (Å²) in [6, 6.07) is 17.2. The van der Waals surface area contributed by atoms with Crippen LogP contribution in [0.3, 0.4) is 0 Å². The standard InChI is InChI=1S/C16H13ClN2OS/c17-12-6-8-13(9-7-12)18-16-19-15(20)14(21-16)10-11-4-2-1-3-5-11/h1-9,14H,10H2,(H,18,19,20). The third-order valence-electron chi connectivity index (χ3n) is 3.10. The first-order valence-corrected chi connectivity index (χ1v) is 7.82. The average Bonchev–Trinajstić information content (AvgIpc) is 2.82. The molecule has 106 valence electrons. The molecule has 1 aliphatic rings. The van der Waals surface area contributed by atoms with E-state index < -0.39 is 0 Å². The fourth-order valence-electron chi connectivity index (χ4n) is 2.05. The SMILES string of the molecule is O=C1NC(=Nc2ccc(Cl)cc2)SC1Cc1ccccc1. The maximum atomic E-state index is 12.0. The van der Waals surface area contributed by atoms with Crippen molar-refractivity contribution < 1.29 is 4.79 Å². The lowest BCUT2D eigenvalue weighted by molar-refractivity contribution is -0.118. The first-order chi connectivity index (χ1) is 10.2. The predicted molar refractivity (Wildman–Crippen MR) is 88.2 cm³/mol. The molecule has 1 saturated heterocycles. The van der Waals surface area contributed by atoms with Crippen molar-refractivity contribution in [3.63, 3.8) is 0 Å². The number of halogens is 1. The lowest BCUT2D eigenvalue weighted by Crippen LogP contribution is -2.25. The second-order valence-corrected chi connectivity index (χ2v) is 6.31. The normalized spacial score (nSPS) is 19.8. The van der Waals surface area contributed by atoms with Crippen LogP contribution < -0.4 is 5.32 Å². The minimum atomic E-state index is -0.126. The lowest BCUT2D eigenvalue weighted by Gasteiger charge is -2.04. The highest BCUT2D eigenvalue weighted by Crippen LogP contribution is 2.26. The Morgan fingerprint density at radius 1 is 1.10 bits per heavy atom. The zero-order valence-corrected chi connectivity index (χ0v) is 12.7. The van der Waals surface area contributed by atoms with E-state index in [2.05, 4.69) is 10.3 Å². The smallest absolute Gasteiger partial charge is 0.239 e. The van der Waals surface area contributed by atoms with Gasteiger partial charge < -0.3 is 5.32 Å². The van der Waals surface area contributed by atoms with E-state index in [4.69, 9.17) is 11.6 Å². The van der Waals surface area contributed by atoms with Crippen LogP contribution in [0.25, 0.3) is 0 Å². The number of hydrogen-bond acceptors (Lipinski definition) is 3. The van der Waals surface area contributed by atoms with Gasteiger partial charge in [0.05, 0.1) is 10.9 Å². The van der Waals surface area contributed by atoms with E-state index in [-0.39, 0.29) is 11.2 Å². The second kappa shape index (κ2) is 6.33. The molecule has 3 rings (SSSR count). The Kier molecular flexibility index (Phi) is 4.27. The van der Waals surface area contributed by atoms with Gasteiger partial charge in [0.1, 0.15) is 0 Å². The van der Waals surface area contributed by atoms with Gasteiger partial charge in [-0.1, -0.05) is 53.7 Å². The Labute approximate surface area is 132 Å². The van der Waals surface area contributed by atoms with E-state index in [9.17, 15) is 4.79 Å². The van der Waals surface area contributed by atoms with Gasteiger partial charge in [-0.2, -0.15) is 0 Å². The summed E-state index contributed by atoms with van der Waals surface area (Å²) >= 11 is 7.31. The van der Waals surface area contributed by atoms with Crippen molar-refractivity contribution in [3.05, 3.63) is 65.2 Å². The topological polar surface area (TPSA) is 41.5 Å². The van der Waals surface area contributed by atoms with Crippen LogP contribution in [0.1, 0.15) is 5.56 Å². The number of carbonyl (C=O) groups excluding carboxylic acids is 1. The molecule has 0 bridgehead atoms. The van der Waals surface area contributed by atoms with Crippen LogP contribution in [0.4, 0.5) is 5.69 Å². The Hall–Kier alpha value is -1.78. The van der Waals surface area contributed by atoms with Crippen molar-refractivity contribution >= 4 is 40.1 Å². The van der Waals surface area contributed by atoms with Crippen molar-refractivity contribution in [2.75, 3.05) is 0 Å². The number of nitrogens with zero attached hydrogens (tertiary/aromatic N) is 1. The summed E-state index contributed by atoms with van der Waals surface area (Å²) in [6.07, 6.45) is 0.705. The van der Waals surface area contributed by atoms with E-state index >= 15 is 0 Å². The molecule has 1 unspecified atom stereocenters. The number of thioether (sulfide) groups is 1. The van der Waals surface area contributed by atoms with E-state index in [1.165, 1.54) is 11.8 Å². The first-order valence-electron chi connectivity index (χ1n) is 6.56. The number of benzene rings is 2. The minimum Gasteiger partial charge on any atom is -0.304 e. The van der Waals surface area contributed by atoms with Gasteiger partial charge in [-0.05, 0) is 36.2 Å². The quantitative estimate of drug-likeness (QED) is 0.935. The van der Waals surface area contributed by atoms with Crippen LogP contribution in [0.15, 0.2) is 59.6 Å². The summed E-state index contributed by atoms with van der Waals surface area (Å²) in [5.74, 6) is 0.0107. The molecule has 1 heterocycles. The van der Waals surface area contributed by atoms with E-state index in [1.54, 1.807) is 12.1 Å². The summed E-state index contributed by atoms with van der Waals surface area (Å²) in [7, 11) is 0. The van der Waals surface area contributed by atoms with Gasteiger partial charge in [-0.15, -0.1) is 0 Å². The molecule has 5 heteroatoms. The minimum absolute atomic E-state index is 0.0107. The molecule has 0 aromatic heterocycles. The third-order valence-corrected chi connectivity index (χ3v) is 4.43. The Bertz CT molecular complexity index is 670. The Morgan fingerprint density at radius 2 is 1.81 bits per heavy atom. The molecular weight excluding hydrogens is 304 g/mol. The van der Waals surface area contributed by atoms with Crippen molar-refractivity contribution in [2.45, 2.75) is 11.7 Å². The van der Waals surface area contributed by atoms with Crippen LogP contribution in [-0.2, 0) is 11.2 Å². The van der Waals surface area contributed by atoms with Gasteiger partial charge in [-0.25, -0.2) is 4.99 Å². The molecule has 0 radical (unpaired) electrons. The largest absolute Gasteiger partial charge is 0.304 e. The van der Waals surface area contributed by atoms with Gasteiger partial charge in [0.25, 0.3) is 0 Å². The molecular formula is C16H13ClN2OS. The lowest BCUT2D eigenvalue weighted by atomic mass is 10.1. The zero-order valence-electron chi connectivity index (χ0n) is 11.1. The number of nitrogens with one attached hydrogen (secondary N) is 1. The molecule has 1 aliphatic heterocycles. The second-order valence-electron chi connectivity index (χ2n) is 4.68. The summed E-state index contributed by atoms with van der Waals surface area (Å²) in [6.45, 7) is 0. The number of hydrogen-bond donors (Lipinski definition) is 1. The maximum Gasteiger partial charge on any atom is 0.239 e. The number of aliphatic imine (C=N–C) groups is 1. The summed E-state index contributed by atoms with van der Waals surface area (Å²) < 4.78 is 0. The van der Waals surface area contributed by atoms with Gasteiger partial charge in [-0.3, -0.25) is 4.79 Å². The molecule has 1 N–H and O–H groups in total. The highest BCUT2D eigenvalue weighted by atomic mass is 35.5. The van der Waals surface area contributed by atoms with E-state index in [0.717, 1.165) is 11.3 Å². The highest BCUT2D eigenvalue weighted by molar-refractivity contribution is 8.15. The molecule has 1 amide bonds. The number of carbonyl (C=O) groups is 1. The molecule has 3 nitrogen and oxygen atoms in total. The van der Waals surface area contributed by atoms with E-state index in [1.807, 2.05) is 42.5 Å². The van der Waals surface area contributed by atoms with Crippen molar-refractivity contribution in [3.8, 4) is 0 Å². The molecule has 2 aromatic carbocycles. The van der Waals surface area contributed by atoms with Crippen molar-refractivity contribution in [1.82, 2.24) is 5.32 Å². The fourth-order valence-corrected chi connectivity index (χ4v) is 3.21. The fraction of sp³-hybridized carbons (Fsp3) is 0.125. The third kappa shape index (κ3) is 3.65. The number of rotatable bonds is 3. The van der Waals surface area contributed by atoms with Gasteiger partial charge in [0.15, 0.2) is 5.17 Å². The summed E-state index contributed by atoms with van der Waals surface area (Å²) in [4.78, 5) is 16.4. The summed E-state index contributed by atoms with van der Waals surface area (Å²) in [5, 5.41) is 4.01. The molecule has 1 atom stereocenters. The van der Waals surface area contributed by atoms with Crippen molar-refractivity contribution in [2.24, 2.45) is 4.99 Å². The van der Waals surface area contributed by atoms with Gasteiger partial charge >= 0.3 is 0 Å². The predicted octanol–water partition coefficient (Wildman–Crippen LogP) is 3.80.